The molecule has 0 aliphatic heterocycles. The molecule has 0 saturated heterocycles. The molecule has 20 heavy (non-hydrogen) atoms. The molecule has 0 spiro atoms. The van der Waals surface area contributed by atoms with Gasteiger partial charge in [-0.25, -0.2) is 0 Å². The zero-order valence-electron chi connectivity index (χ0n) is 11.5. The van der Waals surface area contributed by atoms with E-state index in [1.807, 2.05) is 12.1 Å². The predicted molar refractivity (Wildman–Crippen MR) is 75.3 cm³/mol. The fraction of sp³-hybridized carbons (Fsp3) is 0.400. The van der Waals surface area contributed by atoms with Crippen molar-refractivity contribution in [1.82, 2.24) is 20.5 Å². The van der Waals surface area contributed by atoms with Gasteiger partial charge in [-0.2, -0.15) is 5.10 Å². The molecule has 1 aliphatic rings. The van der Waals surface area contributed by atoms with Crippen molar-refractivity contribution in [2.45, 2.75) is 38.6 Å². The SMILES string of the molecule is CC[C@@H](NC(=O)c1n[nH]c2c1CCC2)c1ccncc1. The fourth-order valence-corrected chi connectivity index (χ4v) is 2.75. The summed E-state index contributed by atoms with van der Waals surface area (Å²) < 4.78 is 0. The molecule has 3 rings (SSSR count). The van der Waals surface area contributed by atoms with Crippen molar-refractivity contribution in [2.75, 3.05) is 0 Å². The number of carbonyl (C=O) groups is 1. The Hall–Kier alpha value is -2.17. The number of rotatable bonds is 4. The normalized spacial score (nSPS) is 14.8. The standard InChI is InChI=1S/C15H18N4O/c1-2-12(10-6-8-16-9-7-10)17-15(20)14-11-4-3-5-13(11)18-19-14/h6-9,12H,2-5H2,1H3,(H,17,20)(H,18,19)/t12-/m1/s1. The van der Waals surface area contributed by atoms with Crippen LogP contribution < -0.4 is 5.32 Å². The highest BCUT2D eigenvalue weighted by Gasteiger charge is 2.24. The molecule has 2 aromatic heterocycles. The molecule has 104 valence electrons. The first-order valence-corrected chi connectivity index (χ1v) is 7.06. The van der Waals surface area contributed by atoms with Crippen LogP contribution in [0.15, 0.2) is 24.5 Å². The molecule has 1 atom stereocenters. The van der Waals surface area contributed by atoms with E-state index in [0.717, 1.165) is 42.5 Å². The third-order valence-corrected chi connectivity index (χ3v) is 3.84. The smallest absolute Gasteiger partial charge is 0.272 e. The van der Waals surface area contributed by atoms with Gasteiger partial charge in [0.05, 0.1) is 6.04 Å². The number of aryl methyl sites for hydroxylation is 1. The van der Waals surface area contributed by atoms with E-state index in [2.05, 4.69) is 27.4 Å². The first-order chi connectivity index (χ1) is 9.79. The quantitative estimate of drug-likeness (QED) is 0.894. The van der Waals surface area contributed by atoms with Crippen molar-refractivity contribution in [3.8, 4) is 0 Å². The largest absolute Gasteiger partial charge is 0.344 e. The van der Waals surface area contributed by atoms with Gasteiger partial charge in [-0.3, -0.25) is 14.9 Å². The van der Waals surface area contributed by atoms with Crippen molar-refractivity contribution in [3.05, 3.63) is 47.0 Å². The number of carbonyl (C=O) groups excluding carboxylic acids is 1. The van der Waals surface area contributed by atoms with Gasteiger partial charge >= 0.3 is 0 Å². The van der Waals surface area contributed by atoms with E-state index in [9.17, 15) is 4.79 Å². The molecule has 2 heterocycles. The van der Waals surface area contributed by atoms with Crippen LogP contribution in [-0.2, 0) is 12.8 Å². The second-order valence-electron chi connectivity index (χ2n) is 5.10. The van der Waals surface area contributed by atoms with E-state index in [1.54, 1.807) is 12.4 Å². The highest BCUT2D eigenvalue weighted by atomic mass is 16.2. The Balaban J connectivity index is 1.77. The maximum absolute atomic E-state index is 12.4. The van der Waals surface area contributed by atoms with Crippen LogP contribution in [0.25, 0.3) is 0 Å². The van der Waals surface area contributed by atoms with Crippen LogP contribution >= 0.6 is 0 Å². The molecule has 5 heteroatoms. The highest BCUT2D eigenvalue weighted by molar-refractivity contribution is 5.94. The predicted octanol–water partition coefficient (Wildman–Crippen LogP) is 2.17. The summed E-state index contributed by atoms with van der Waals surface area (Å²) in [6.07, 6.45) is 7.37. The number of hydrogen-bond donors (Lipinski definition) is 2. The van der Waals surface area contributed by atoms with Crippen molar-refractivity contribution in [1.29, 1.82) is 0 Å². The summed E-state index contributed by atoms with van der Waals surface area (Å²) in [6.45, 7) is 2.06. The molecular formula is C15H18N4O. The lowest BCUT2D eigenvalue weighted by Crippen LogP contribution is -2.29. The number of nitrogens with one attached hydrogen (secondary N) is 2. The van der Waals surface area contributed by atoms with Crippen LogP contribution in [-0.4, -0.2) is 21.1 Å². The Bertz CT molecular complexity index is 606. The Morgan fingerprint density at radius 1 is 1.40 bits per heavy atom. The summed E-state index contributed by atoms with van der Waals surface area (Å²) in [7, 11) is 0. The second kappa shape index (κ2) is 5.45. The number of aromatic nitrogens is 3. The number of nitrogens with zero attached hydrogens (tertiary/aromatic N) is 2. The Morgan fingerprint density at radius 2 is 2.20 bits per heavy atom. The molecule has 2 N–H and O–H groups in total. The van der Waals surface area contributed by atoms with Gasteiger partial charge in [-0.1, -0.05) is 6.92 Å². The van der Waals surface area contributed by atoms with Crippen molar-refractivity contribution in [3.63, 3.8) is 0 Å². The summed E-state index contributed by atoms with van der Waals surface area (Å²) >= 11 is 0. The minimum atomic E-state index is -0.0898. The average molecular weight is 270 g/mol. The van der Waals surface area contributed by atoms with Gasteiger partial charge in [-0.05, 0) is 43.4 Å². The number of hydrogen-bond acceptors (Lipinski definition) is 3. The van der Waals surface area contributed by atoms with Crippen molar-refractivity contribution >= 4 is 5.91 Å². The van der Waals surface area contributed by atoms with Crippen molar-refractivity contribution < 1.29 is 4.79 Å². The molecule has 5 nitrogen and oxygen atoms in total. The van der Waals surface area contributed by atoms with Gasteiger partial charge < -0.3 is 5.32 Å². The lowest BCUT2D eigenvalue weighted by atomic mass is 10.1. The van der Waals surface area contributed by atoms with Crippen LogP contribution in [0.2, 0.25) is 0 Å². The van der Waals surface area contributed by atoms with Gasteiger partial charge in [0.15, 0.2) is 5.69 Å². The Kier molecular flexibility index (Phi) is 3.50. The maximum atomic E-state index is 12.4. The molecule has 0 saturated carbocycles. The number of amides is 1. The summed E-state index contributed by atoms with van der Waals surface area (Å²) in [4.78, 5) is 16.4. The van der Waals surface area contributed by atoms with E-state index in [-0.39, 0.29) is 11.9 Å². The van der Waals surface area contributed by atoms with Crippen LogP contribution in [0.5, 0.6) is 0 Å². The van der Waals surface area contributed by atoms with Gasteiger partial charge in [0.25, 0.3) is 5.91 Å². The van der Waals surface area contributed by atoms with Crippen LogP contribution in [0, 0.1) is 0 Å². The molecular weight excluding hydrogens is 252 g/mol. The molecule has 0 unspecified atom stereocenters. The number of pyridine rings is 1. The Morgan fingerprint density at radius 3 is 2.95 bits per heavy atom. The molecule has 0 radical (unpaired) electrons. The second-order valence-corrected chi connectivity index (χ2v) is 5.10. The van der Waals surface area contributed by atoms with E-state index in [0.29, 0.717) is 5.69 Å². The van der Waals surface area contributed by atoms with Crippen LogP contribution in [0.1, 0.15) is 53.1 Å². The minimum absolute atomic E-state index is 0.000692. The first-order valence-electron chi connectivity index (χ1n) is 7.06. The third kappa shape index (κ3) is 2.31. The molecule has 1 amide bonds. The number of aromatic amines is 1. The van der Waals surface area contributed by atoms with Gasteiger partial charge in [0.2, 0.25) is 0 Å². The van der Waals surface area contributed by atoms with Gasteiger partial charge in [-0.15, -0.1) is 0 Å². The first kappa shape index (κ1) is 12.8. The highest BCUT2D eigenvalue weighted by Crippen LogP contribution is 2.23. The number of fused-ring (bicyclic) bond motifs is 1. The van der Waals surface area contributed by atoms with E-state index >= 15 is 0 Å². The van der Waals surface area contributed by atoms with Crippen LogP contribution in [0.4, 0.5) is 0 Å². The molecule has 1 aliphatic carbocycles. The topological polar surface area (TPSA) is 70.7 Å². The Labute approximate surface area is 117 Å². The lowest BCUT2D eigenvalue weighted by molar-refractivity contribution is 0.0929. The number of H-pyrrole nitrogens is 1. The van der Waals surface area contributed by atoms with E-state index in [4.69, 9.17) is 0 Å². The van der Waals surface area contributed by atoms with Gasteiger partial charge in [0, 0.05) is 23.7 Å². The lowest BCUT2D eigenvalue weighted by Gasteiger charge is -2.16. The average Bonchev–Trinajstić information content (AvgIpc) is 3.08. The third-order valence-electron chi connectivity index (χ3n) is 3.84. The molecule has 0 aromatic carbocycles. The zero-order valence-corrected chi connectivity index (χ0v) is 11.5. The summed E-state index contributed by atoms with van der Waals surface area (Å²) in [5.74, 6) is -0.0898. The molecule has 0 fully saturated rings. The summed E-state index contributed by atoms with van der Waals surface area (Å²) in [6, 6.07) is 3.87. The zero-order chi connectivity index (χ0) is 13.9. The maximum Gasteiger partial charge on any atom is 0.272 e. The minimum Gasteiger partial charge on any atom is -0.344 e. The monoisotopic (exact) mass is 270 g/mol. The molecule has 2 aromatic rings. The van der Waals surface area contributed by atoms with Crippen molar-refractivity contribution in [2.24, 2.45) is 0 Å². The van der Waals surface area contributed by atoms with E-state index in [1.165, 1.54) is 0 Å². The van der Waals surface area contributed by atoms with E-state index < -0.39 is 0 Å². The summed E-state index contributed by atoms with van der Waals surface area (Å²) in [5, 5.41) is 10.2. The van der Waals surface area contributed by atoms with Crippen LogP contribution in [0.3, 0.4) is 0 Å². The fourth-order valence-electron chi connectivity index (χ4n) is 2.75. The summed E-state index contributed by atoms with van der Waals surface area (Å²) in [5.41, 5.74) is 3.84. The van der Waals surface area contributed by atoms with Gasteiger partial charge in [0.1, 0.15) is 0 Å². The molecule has 0 bridgehead atoms.